The van der Waals surface area contributed by atoms with E-state index in [9.17, 15) is 18.0 Å². The second kappa shape index (κ2) is 9.22. The molecule has 2 fully saturated rings. The van der Waals surface area contributed by atoms with Gasteiger partial charge in [-0.3, -0.25) is 9.69 Å². The number of hydrogen-bond donors (Lipinski definition) is 1. The number of hydrogen-bond acceptors (Lipinski definition) is 5. The third-order valence-electron chi connectivity index (χ3n) is 5.34. The highest BCUT2D eigenvalue weighted by atomic mass is 32.1. The van der Waals surface area contributed by atoms with Gasteiger partial charge in [0.1, 0.15) is 11.5 Å². The average Bonchev–Trinajstić information content (AvgIpc) is 3.42. The van der Waals surface area contributed by atoms with Crippen LogP contribution in [0.2, 0.25) is 0 Å². The van der Waals surface area contributed by atoms with E-state index < -0.39 is 12.1 Å². The van der Waals surface area contributed by atoms with Gasteiger partial charge in [0.25, 0.3) is 0 Å². The quantitative estimate of drug-likeness (QED) is 0.779. The van der Waals surface area contributed by atoms with Crippen LogP contribution in [0.5, 0.6) is 0 Å². The molecular weight excluding hydrogens is 421 g/mol. The molecule has 2 aliphatic heterocycles. The molecule has 0 radical (unpaired) electrons. The third kappa shape index (κ3) is 5.42. The highest BCUT2D eigenvalue weighted by Gasteiger charge is 2.44. The predicted molar refractivity (Wildman–Crippen MR) is 104 cm³/mol. The van der Waals surface area contributed by atoms with Crippen molar-refractivity contribution in [1.29, 1.82) is 0 Å². The molecule has 0 unspecified atom stereocenters. The smallest absolute Gasteiger partial charge is 0.475 e. The monoisotopic (exact) mass is 444 g/mol. The van der Waals surface area contributed by atoms with Crippen LogP contribution < -0.4 is 0 Å². The van der Waals surface area contributed by atoms with E-state index in [1.165, 1.54) is 0 Å². The molecule has 2 aromatic rings. The maximum absolute atomic E-state index is 12.6. The van der Waals surface area contributed by atoms with E-state index in [2.05, 4.69) is 27.3 Å². The van der Waals surface area contributed by atoms with Gasteiger partial charge in [0, 0.05) is 25.2 Å². The van der Waals surface area contributed by atoms with Gasteiger partial charge in [-0.1, -0.05) is 0 Å². The maximum Gasteiger partial charge on any atom is 0.490 e. The minimum absolute atomic E-state index is 0.284. The van der Waals surface area contributed by atoms with E-state index in [-0.39, 0.29) is 5.91 Å². The van der Waals surface area contributed by atoms with E-state index in [4.69, 9.17) is 14.3 Å². The fourth-order valence-electron chi connectivity index (χ4n) is 4.02. The molecule has 0 saturated carbocycles. The van der Waals surface area contributed by atoms with Gasteiger partial charge in [0.15, 0.2) is 0 Å². The number of rotatable bonds is 4. The zero-order valence-corrected chi connectivity index (χ0v) is 17.2. The molecule has 2 aromatic heterocycles. The van der Waals surface area contributed by atoms with Gasteiger partial charge >= 0.3 is 12.1 Å². The standard InChI is InChI=1S/C18H22N2O2S.C2HF3O2/c1-13-2-3-15(22-13)11-19-7-4-17-16(19)5-8-20(17)18(21)10-14-6-9-23-12-14;3-2(4,5)1(6)7/h2-3,6,9,12,16-17H,4-5,7-8,10-11H2,1H3;(H,6,7)/t16-,17+;/m0./s1. The van der Waals surface area contributed by atoms with Crippen LogP contribution >= 0.6 is 11.3 Å². The lowest BCUT2D eigenvalue weighted by atomic mass is 10.1. The molecule has 4 rings (SSSR count). The van der Waals surface area contributed by atoms with E-state index in [1.807, 2.05) is 18.4 Å². The normalized spacial score (nSPS) is 21.3. The summed E-state index contributed by atoms with van der Waals surface area (Å²) in [6.45, 7) is 4.79. The number of furan rings is 1. The molecule has 1 N–H and O–H groups in total. The second-order valence-corrected chi connectivity index (χ2v) is 8.17. The Morgan fingerprint density at radius 2 is 1.90 bits per heavy atom. The van der Waals surface area contributed by atoms with Gasteiger partial charge in [-0.15, -0.1) is 0 Å². The minimum atomic E-state index is -5.08. The van der Waals surface area contributed by atoms with Gasteiger partial charge in [-0.2, -0.15) is 24.5 Å². The van der Waals surface area contributed by atoms with Gasteiger partial charge in [-0.25, -0.2) is 4.79 Å². The van der Waals surface area contributed by atoms with Crippen LogP contribution in [0.25, 0.3) is 0 Å². The third-order valence-corrected chi connectivity index (χ3v) is 6.08. The number of carbonyl (C=O) groups is 2. The first kappa shape index (κ1) is 22.4. The number of carbonyl (C=O) groups excluding carboxylic acids is 1. The summed E-state index contributed by atoms with van der Waals surface area (Å²) in [5.41, 5.74) is 1.14. The predicted octanol–water partition coefficient (Wildman–Crippen LogP) is 3.70. The highest BCUT2D eigenvalue weighted by molar-refractivity contribution is 7.08. The fourth-order valence-corrected chi connectivity index (χ4v) is 4.69. The SMILES string of the molecule is Cc1ccc(CN2CC[C@@H]3[C@@H]2CCN3C(=O)Cc2ccsc2)o1.O=C(O)C(F)(F)F. The number of likely N-dealkylation sites (tertiary alicyclic amines) is 2. The zero-order chi connectivity index (χ0) is 21.9. The number of halogens is 3. The first-order chi connectivity index (χ1) is 14.1. The molecule has 1 amide bonds. The number of nitrogens with zero attached hydrogens (tertiary/aromatic N) is 2. The van der Waals surface area contributed by atoms with Gasteiger partial charge in [0.2, 0.25) is 5.91 Å². The topological polar surface area (TPSA) is 74.0 Å². The molecule has 2 atom stereocenters. The second-order valence-electron chi connectivity index (χ2n) is 7.39. The maximum atomic E-state index is 12.6. The van der Waals surface area contributed by atoms with E-state index in [0.29, 0.717) is 18.5 Å². The fraction of sp³-hybridized carbons (Fsp3) is 0.500. The summed E-state index contributed by atoms with van der Waals surface area (Å²) in [6.07, 6.45) is -2.37. The number of amides is 1. The molecule has 0 aliphatic carbocycles. The van der Waals surface area contributed by atoms with Crippen molar-refractivity contribution < 1.29 is 32.3 Å². The Morgan fingerprint density at radius 3 is 2.47 bits per heavy atom. The van der Waals surface area contributed by atoms with Crippen LogP contribution in [0, 0.1) is 6.92 Å². The van der Waals surface area contributed by atoms with Crippen molar-refractivity contribution in [3.63, 3.8) is 0 Å². The summed E-state index contributed by atoms with van der Waals surface area (Å²) in [7, 11) is 0. The van der Waals surface area contributed by atoms with Crippen molar-refractivity contribution >= 4 is 23.2 Å². The molecule has 164 valence electrons. The zero-order valence-electron chi connectivity index (χ0n) is 16.4. The summed E-state index contributed by atoms with van der Waals surface area (Å²) >= 11 is 1.66. The Balaban J connectivity index is 0.000000318. The van der Waals surface area contributed by atoms with Gasteiger partial charge in [0.05, 0.1) is 13.0 Å². The van der Waals surface area contributed by atoms with E-state index in [1.54, 1.807) is 11.3 Å². The largest absolute Gasteiger partial charge is 0.490 e. The van der Waals surface area contributed by atoms with E-state index in [0.717, 1.165) is 49.6 Å². The van der Waals surface area contributed by atoms with Crippen LogP contribution in [-0.4, -0.2) is 58.1 Å². The molecule has 0 bridgehead atoms. The number of fused-ring (bicyclic) bond motifs is 1. The number of carboxylic acid groups (broad SMARTS) is 1. The molecule has 30 heavy (non-hydrogen) atoms. The summed E-state index contributed by atoms with van der Waals surface area (Å²) in [4.78, 5) is 26.1. The Morgan fingerprint density at radius 1 is 1.20 bits per heavy atom. The first-order valence-electron chi connectivity index (χ1n) is 9.55. The summed E-state index contributed by atoms with van der Waals surface area (Å²) in [5.74, 6) is -0.472. The van der Waals surface area contributed by atoms with Crippen LogP contribution in [0.4, 0.5) is 13.2 Å². The van der Waals surface area contributed by atoms with Gasteiger partial charge in [-0.05, 0) is 54.3 Å². The number of thiophene rings is 1. The Labute approximate surface area is 175 Å². The lowest BCUT2D eigenvalue weighted by Crippen LogP contribution is -2.40. The van der Waals surface area contributed by atoms with Crippen molar-refractivity contribution in [2.24, 2.45) is 0 Å². The minimum Gasteiger partial charge on any atom is -0.475 e. The Bertz CT molecular complexity index is 866. The van der Waals surface area contributed by atoms with Crippen molar-refractivity contribution in [3.05, 3.63) is 46.0 Å². The lowest BCUT2D eigenvalue weighted by Gasteiger charge is -2.25. The Hall–Kier alpha value is -2.33. The molecule has 2 aliphatic rings. The van der Waals surface area contributed by atoms with Crippen LogP contribution in [0.15, 0.2) is 33.4 Å². The summed E-state index contributed by atoms with van der Waals surface area (Å²) in [5, 5.41) is 11.2. The Kier molecular flexibility index (Phi) is 6.87. The molecule has 6 nitrogen and oxygen atoms in total. The average molecular weight is 444 g/mol. The van der Waals surface area contributed by atoms with Crippen LogP contribution in [0.1, 0.15) is 29.9 Å². The molecule has 4 heterocycles. The molecule has 0 aromatic carbocycles. The highest BCUT2D eigenvalue weighted by Crippen LogP contribution is 2.33. The number of aryl methyl sites for hydroxylation is 1. The molecular formula is C20H23F3N2O4S. The summed E-state index contributed by atoms with van der Waals surface area (Å²) in [6, 6.07) is 7.02. The molecule has 0 spiro atoms. The first-order valence-corrected chi connectivity index (χ1v) is 10.5. The van der Waals surface area contributed by atoms with Crippen molar-refractivity contribution in [2.45, 2.75) is 51.0 Å². The van der Waals surface area contributed by atoms with Crippen molar-refractivity contribution in [1.82, 2.24) is 9.80 Å². The summed E-state index contributed by atoms with van der Waals surface area (Å²) < 4.78 is 37.5. The molecule has 10 heteroatoms. The van der Waals surface area contributed by atoms with Crippen LogP contribution in [-0.2, 0) is 22.6 Å². The van der Waals surface area contributed by atoms with Crippen LogP contribution in [0.3, 0.4) is 0 Å². The number of aliphatic carboxylic acids is 1. The number of carboxylic acids is 1. The van der Waals surface area contributed by atoms with Crippen molar-refractivity contribution in [3.8, 4) is 0 Å². The van der Waals surface area contributed by atoms with E-state index >= 15 is 0 Å². The lowest BCUT2D eigenvalue weighted by molar-refractivity contribution is -0.192. The molecule has 2 saturated heterocycles. The van der Waals surface area contributed by atoms with Crippen molar-refractivity contribution in [2.75, 3.05) is 13.1 Å². The number of alkyl halides is 3. The van der Waals surface area contributed by atoms with Gasteiger partial charge < -0.3 is 14.4 Å².